The molecule has 0 radical (unpaired) electrons. The third kappa shape index (κ3) is 3.32. The number of hydrogen-bond acceptors (Lipinski definition) is 3. The fourth-order valence-electron chi connectivity index (χ4n) is 3.44. The van der Waals surface area contributed by atoms with E-state index in [-0.39, 0.29) is 11.8 Å². The van der Waals surface area contributed by atoms with Crippen LogP contribution in [0.3, 0.4) is 0 Å². The summed E-state index contributed by atoms with van der Waals surface area (Å²) in [5.41, 5.74) is 1.36. The van der Waals surface area contributed by atoms with Crippen molar-refractivity contribution in [3.05, 3.63) is 70.4 Å². The van der Waals surface area contributed by atoms with Gasteiger partial charge in [0, 0.05) is 36.4 Å². The first kappa shape index (κ1) is 17.7. The SMILES string of the molecule is Cc1c(C(=O)N2CCN(C(=O)c3cccc(F)c3)CC2)sc2ccccc12. The topological polar surface area (TPSA) is 40.6 Å². The van der Waals surface area contributed by atoms with E-state index in [0.717, 1.165) is 20.5 Å². The van der Waals surface area contributed by atoms with E-state index in [2.05, 4.69) is 0 Å². The van der Waals surface area contributed by atoms with Crippen LogP contribution >= 0.6 is 11.3 Å². The van der Waals surface area contributed by atoms with Gasteiger partial charge in [0.15, 0.2) is 0 Å². The van der Waals surface area contributed by atoms with Gasteiger partial charge in [-0.25, -0.2) is 4.39 Å². The molecule has 27 heavy (non-hydrogen) atoms. The molecule has 0 bridgehead atoms. The molecule has 1 aliphatic rings. The van der Waals surface area contributed by atoms with E-state index in [4.69, 9.17) is 0 Å². The summed E-state index contributed by atoms with van der Waals surface area (Å²) in [6, 6.07) is 13.7. The molecule has 0 spiro atoms. The van der Waals surface area contributed by atoms with Crippen molar-refractivity contribution in [3.63, 3.8) is 0 Å². The Balaban J connectivity index is 1.46. The van der Waals surface area contributed by atoms with Gasteiger partial charge in [0.1, 0.15) is 5.82 Å². The number of benzene rings is 2. The number of carbonyl (C=O) groups is 2. The van der Waals surface area contributed by atoms with Gasteiger partial charge in [0.05, 0.1) is 4.88 Å². The van der Waals surface area contributed by atoms with Crippen molar-refractivity contribution in [2.24, 2.45) is 0 Å². The minimum absolute atomic E-state index is 0.0200. The predicted molar refractivity (Wildman–Crippen MR) is 105 cm³/mol. The normalized spacial score (nSPS) is 14.6. The van der Waals surface area contributed by atoms with E-state index >= 15 is 0 Å². The first-order chi connectivity index (χ1) is 13.0. The van der Waals surface area contributed by atoms with Gasteiger partial charge in [-0.2, -0.15) is 0 Å². The Morgan fingerprint density at radius 2 is 1.59 bits per heavy atom. The molecule has 1 fully saturated rings. The van der Waals surface area contributed by atoms with Crippen molar-refractivity contribution in [1.29, 1.82) is 0 Å². The molecule has 3 aromatic rings. The average Bonchev–Trinajstić information content (AvgIpc) is 3.04. The fraction of sp³-hybridized carbons (Fsp3) is 0.238. The lowest BCUT2D eigenvalue weighted by Gasteiger charge is -2.34. The second kappa shape index (κ2) is 7.12. The number of amides is 2. The van der Waals surface area contributed by atoms with Gasteiger partial charge in [0.2, 0.25) is 0 Å². The zero-order valence-corrected chi connectivity index (χ0v) is 15.8. The van der Waals surface area contributed by atoms with E-state index in [1.807, 2.05) is 31.2 Å². The molecule has 1 aromatic heterocycles. The fourth-order valence-corrected chi connectivity index (χ4v) is 4.62. The lowest BCUT2D eigenvalue weighted by Crippen LogP contribution is -2.50. The van der Waals surface area contributed by atoms with Crippen molar-refractivity contribution in [3.8, 4) is 0 Å². The zero-order valence-electron chi connectivity index (χ0n) is 14.9. The quantitative estimate of drug-likeness (QED) is 0.673. The first-order valence-corrected chi connectivity index (χ1v) is 9.68. The van der Waals surface area contributed by atoms with E-state index in [9.17, 15) is 14.0 Å². The molecular formula is C21H19FN2O2S. The molecule has 2 heterocycles. The minimum Gasteiger partial charge on any atom is -0.335 e. The van der Waals surface area contributed by atoms with Gasteiger partial charge in [-0.3, -0.25) is 9.59 Å². The standard InChI is InChI=1S/C21H19FN2O2S/c1-14-17-7-2-3-8-18(17)27-19(14)21(26)24-11-9-23(10-12-24)20(25)15-5-4-6-16(22)13-15/h2-8,13H,9-12H2,1H3. The first-order valence-electron chi connectivity index (χ1n) is 8.87. The smallest absolute Gasteiger partial charge is 0.264 e. The molecule has 1 aliphatic heterocycles. The van der Waals surface area contributed by atoms with Crippen LogP contribution in [0.5, 0.6) is 0 Å². The van der Waals surface area contributed by atoms with Crippen molar-refractivity contribution in [2.45, 2.75) is 6.92 Å². The Hall–Kier alpha value is -2.73. The number of aryl methyl sites for hydroxylation is 1. The molecule has 0 atom stereocenters. The highest BCUT2D eigenvalue weighted by atomic mass is 32.1. The second-order valence-corrected chi connectivity index (χ2v) is 7.70. The molecule has 2 aromatic carbocycles. The average molecular weight is 382 g/mol. The van der Waals surface area contributed by atoms with Crippen molar-refractivity contribution in [1.82, 2.24) is 9.80 Å². The van der Waals surface area contributed by atoms with Gasteiger partial charge in [0.25, 0.3) is 11.8 Å². The number of fused-ring (bicyclic) bond motifs is 1. The van der Waals surface area contributed by atoms with Crippen LogP contribution in [0.15, 0.2) is 48.5 Å². The number of thiophene rings is 1. The monoisotopic (exact) mass is 382 g/mol. The van der Waals surface area contributed by atoms with Gasteiger partial charge in [-0.15, -0.1) is 11.3 Å². The van der Waals surface area contributed by atoms with Crippen LogP contribution in [-0.2, 0) is 0 Å². The summed E-state index contributed by atoms with van der Waals surface area (Å²) >= 11 is 1.52. The van der Waals surface area contributed by atoms with Crippen LogP contribution in [-0.4, -0.2) is 47.8 Å². The van der Waals surface area contributed by atoms with Crippen molar-refractivity contribution in [2.75, 3.05) is 26.2 Å². The predicted octanol–water partition coefficient (Wildman–Crippen LogP) is 3.95. The van der Waals surface area contributed by atoms with Gasteiger partial charge in [-0.05, 0) is 42.1 Å². The Morgan fingerprint density at radius 3 is 2.26 bits per heavy atom. The van der Waals surface area contributed by atoms with Crippen LogP contribution in [0.1, 0.15) is 25.6 Å². The summed E-state index contributed by atoms with van der Waals surface area (Å²) in [4.78, 5) is 29.7. The Kier molecular flexibility index (Phi) is 4.66. The highest BCUT2D eigenvalue weighted by Gasteiger charge is 2.27. The molecule has 0 N–H and O–H groups in total. The number of piperazine rings is 1. The van der Waals surface area contributed by atoms with Crippen LogP contribution in [0.2, 0.25) is 0 Å². The van der Waals surface area contributed by atoms with Gasteiger partial charge >= 0.3 is 0 Å². The molecule has 1 saturated heterocycles. The third-order valence-corrected chi connectivity index (χ3v) is 6.22. The summed E-state index contributed by atoms with van der Waals surface area (Å²) in [5.74, 6) is -0.596. The summed E-state index contributed by atoms with van der Waals surface area (Å²) in [7, 11) is 0. The van der Waals surface area contributed by atoms with E-state index in [0.29, 0.717) is 31.7 Å². The Labute approximate surface area is 160 Å². The van der Waals surface area contributed by atoms with E-state index in [1.54, 1.807) is 15.9 Å². The van der Waals surface area contributed by atoms with E-state index < -0.39 is 5.82 Å². The molecule has 4 nitrogen and oxygen atoms in total. The summed E-state index contributed by atoms with van der Waals surface area (Å²) in [6.45, 7) is 3.84. The van der Waals surface area contributed by atoms with Crippen LogP contribution < -0.4 is 0 Å². The molecule has 0 unspecified atom stereocenters. The molecule has 0 aliphatic carbocycles. The van der Waals surface area contributed by atoms with Crippen LogP contribution in [0.25, 0.3) is 10.1 Å². The van der Waals surface area contributed by atoms with Crippen molar-refractivity contribution < 1.29 is 14.0 Å². The number of rotatable bonds is 2. The van der Waals surface area contributed by atoms with Gasteiger partial charge < -0.3 is 9.80 Å². The maximum atomic E-state index is 13.4. The maximum Gasteiger partial charge on any atom is 0.264 e. The van der Waals surface area contributed by atoms with Crippen molar-refractivity contribution >= 4 is 33.2 Å². The second-order valence-electron chi connectivity index (χ2n) is 6.65. The Bertz CT molecular complexity index is 1020. The number of halogens is 1. The summed E-state index contributed by atoms with van der Waals surface area (Å²) in [6.07, 6.45) is 0. The molecule has 0 saturated carbocycles. The summed E-state index contributed by atoms with van der Waals surface area (Å²) in [5, 5.41) is 1.12. The molecule has 6 heteroatoms. The Morgan fingerprint density at radius 1 is 0.926 bits per heavy atom. The van der Waals surface area contributed by atoms with Crippen LogP contribution in [0.4, 0.5) is 4.39 Å². The molecule has 2 amide bonds. The van der Waals surface area contributed by atoms with E-state index in [1.165, 1.54) is 29.5 Å². The maximum absolute atomic E-state index is 13.4. The number of nitrogens with zero attached hydrogens (tertiary/aromatic N) is 2. The summed E-state index contributed by atoms with van der Waals surface area (Å²) < 4.78 is 14.5. The van der Waals surface area contributed by atoms with Crippen LogP contribution in [0, 0.1) is 12.7 Å². The lowest BCUT2D eigenvalue weighted by molar-refractivity contribution is 0.0537. The molecule has 138 valence electrons. The molecular weight excluding hydrogens is 363 g/mol. The highest BCUT2D eigenvalue weighted by Crippen LogP contribution is 2.31. The minimum atomic E-state index is -0.421. The zero-order chi connectivity index (χ0) is 19.0. The largest absolute Gasteiger partial charge is 0.335 e. The van der Waals surface area contributed by atoms with Gasteiger partial charge in [-0.1, -0.05) is 24.3 Å². The highest BCUT2D eigenvalue weighted by molar-refractivity contribution is 7.21. The third-order valence-electron chi connectivity index (χ3n) is 4.96. The number of carbonyl (C=O) groups excluding carboxylic acids is 2. The lowest BCUT2D eigenvalue weighted by atomic mass is 10.1. The molecule has 4 rings (SSSR count). The number of hydrogen-bond donors (Lipinski definition) is 0.